The highest BCUT2D eigenvalue weighted by Crippen LogP contribution is 2.09. The molecule has 0 radical (unpaired) electrons. The first-order valence-electron chi connectivity index (χ1n) is 7.71. The van der Waals surface area contributed by atoms with E-state index in [0.29, 0.717) is 18.9 Å². The van der Waals surface area contributed by atoms with Crippen molar-refractivity contribution in [3.63, 3.8) is 0 Å². The SMILES string of the molecule is CC(C)CN(Cc1ccccn1)C(=O)CCc1cccnc1. The summed E-state index contributed by atoms with van der Waals surface area (Å²) in [5.41, 5.74) is 2.02. The van der Waals surface area contributed by atoms with Gasteiger partial charge < -0.3 is 4.90 Å². The van der Waals surface area contributed by atoms with Crippen LogP contribution < -0.4 is 0 Å². The van der Waals surface area contributed by atoms with Crippen LogP contribution in [-0.2, 0) is 17.8 Å². The van der Waals surface area contributed by atoms with E-state index in [0.717, 1.165) is 24.2 Å². The molecular formula is C18H23N3O. The third-order valence-electron chi connectivity index (χ3n) is 3.37. The fourth-order valence-corrected chi connectivity index (χ4v) is 2.34. The lowest BCUT2D eigenvalue weighted by atomic mass is 10.1. The van der Waals surface area contributed by atoms with E-state index in [-0.39, 0.29) is 5.91 Å². The molecule has 2 aromatic rings. The van der Waals surface area contributed by atoms with Crippen LogP contribution in [0.4, 0.5) is 0 Å². The number of pyridine rings is 2. The van der Waals surface area contributed by atoms with E-state index in [4.69, 9.17) is 0 Å². The summed E-state index contributed by atoms with van der Waals surface area (Å²) in [6, 6.07) is 9.71. The Balaban J connectivity index is 1.96. The van der Waals surface area contributed by atoms with E-state index in [1.807, 2.05) is 41.4 Å². The van der Waals surface area contributed by atoms with Gasteiger partial charge in [0.25, 0.3) is 0 Å². The smallest absolute Gasteiger partial charge is 0.223 e. The lowest BCUT2D eigenvalue weighted by Gasteiger charge is -2.24. The second kappa shape index (κ2) is 8.27. The van der Waals surface area contributed by atoms with Crippen LogP contribution in [-0.4, -0.2) is 27.3 Å². The zero-order chi connectivity index (χ0) is 15.8. The fourth-order valence-electron chi connectivity index (χ4n) is 2.34. The fraction of sp³-hybridized carbons (Fsp3) is 0.389. The van der Waals surface area contributed by atoms with Crippen LogP contribution in [0.15, 0.2) is 48.9 Å². The summed E-state index contributed by atoms with van der Waals surface area (Å²) in [5.74, 6) is 0.606. The van der Waals surface area contributed by atoms with Gasteiger partial charge in [0.2, 0.25) is 5.91 Å². The summed E-state index contributed by atoms with van der Waals surface area (Å²) in [5, 5.41) is 0. The maximum Gasteiger partial charge on any atom is 0.223 e. The summed E-state index contributed by atoms with van der Waals surface area (Å²) in [4.78, 5) is 22.9. The number of rotatable bonds is 7. The highest BCUT2D eigenvalue weighted by molar-refractivity contribution is 5.76. The molecule has 116 valence electrons. The van der Waals surface area contributed by atoms with Gasteiger partial charge in [-0.15, -0.1) is 0 Å². The molecule has 0 atom stereocenters. The topological polar surface area (TPSA) is 46.1 Å². The Bertz CT molecular complexity index is 569. The highest BCUT2D eigenvalue weighted by Gasteiger charge is 2.15. The molecule has 4 nitrogen and oxygen atoms in total. The largest absolute Gasteiger partial charge is 0.337 e. The second-order valence-electron chi connectivity index (χ2n) is 5.85. The molecule has 0 aliphatic carbocycles. The van der Waals surface area contributed by atoms with Crippen molar-refractivity contribution in [2.24, 2.45) is 5.92 Å². The Morgan fingerprint density at radius 3 is 2.68 bits per heavy atom. The van der Waals surface area contributed by atoms with E-state index in [2.05, 4.69) is 23.8 Å². The Kier molecular flexibility index (Phi) is 6.07. The summed E-state index contributed by atoms with van der Waals surface area (Å²) in [6.45, 7) is 5.58. The normalized spacial score (nSPS) is 10.7. The van der Waals surface area contributed by atoms with Crippen LogP contribution >= 0.6 is 0 Å². The molecular weight excluding hydrogens is 274 g/mol. The van der Waals surface area contributed by atoms with E-state index in [9.17, 15) is 4.79 Å². The van der Waals surface area contributed by atoms with Crippen LogP contribution in [0.1, 0.15) is 31.5 Å². The van der Waals surface area contributed by atoms with Crippen molar-refractivity contribution in [3.8, 4) is 0 Å². The molecule has 2 rings (SSSR count). The molecule has 22 heavy (non-hydrogen) atoms. The van der Waals surface area contributed by atoms with Crippen molar-refractivity contribution in [1.82, 2.24) is 14.9 Å². The summed E-state index contributed by atoms with van der Waals surface area (Å²) >= 11 is 0. The minimum Gasteiger partial charge on any atom is -0.337 e. The molecule has 0 N–H and O–H groups in total. The maximum atomic E-state index is 12.5. The molecule has 2 aromatic heterocycles. The molecule has 2 heterocycles. The third kappa shape index (κ3) is 5.28. The van der Waals surface area contributed by atoms with E-state index in [1.165, 1.54) is 0 Å². The predicted molar refractivity (Wildman–Crippen MR) is 87.1 cm³/mol. The zero-order valence-corrected chi connectivity index (χ0v) is 13.3. The van der Waals surface area contributed by atoms with Gasteiger partial charge in [0.1, 0.15) is 0 Å². The molecule has 1 amide bonds. The van der Waals surface area contributed by atoms with Crippen molar-refractivity contribution in [3.05, 3.63) is 60.2 Å². The molecule has 0 unspecified atom stereocenters. The first-order valence-corrected chi connectivity index (χ1v) is 7.71. The molecule has 0 saturated heterocycles. The zero-order valence-electron chi connectivity index (χ0n) is 13.3. The standard InChI is InChI=1S/C18H23N3O/c1-15(2)13-21(14-17-7-3-4-11-20-17)18(22)9-8-16-6-5-10-19-12-16/h3-7,10-12,15H,8-9,13-14H2,1-2H3. The third-order valence-corrected chi connectivity index (χ3v) is 3.37. The Labute approximate surface area is 132 Å². The number of aromatic nitrogens is 2. The van der Waals surface area contributed by atoms with Crippen molar-refractivity contribution in [2.45, 2.75) is 33.2 Å². The maximum absolute atomic E-state index is 12.5. The van der Waals surface area contributed by atoms with Crippen LogP contribution in [0.5, 0.6) is 0 Å². The van der Waals surface area contributed by atoms with E-state index < -0.39 is 0 Å². The number of carbonyl (C=O) groups is 1. The van der Waals surface area contributed by atoms with Crippen LogP contribution in [0, 0.1) is 5.92 Å². The van der Waals surface area contributed by atoms with Gasteiger partial charge in [0.05, 0.1) is 12.2 Å². The summed E-state index contributed by atoms with van der Waals surface area (Å²) in [6.07, 6.45) is 6.56. The van der Waals surface area contributed by atoms with Gasteiger partial charge in [-0.25, -0.2) is 0 Å². The van der Waals surface area contributed by atoms with Gasteiger partial charge in [-0.3, -0.25) is 14.8 Å². The highest BCUT2D eigenvalue weighted by atomic mass is 16.2. The van der Waals surface area contributed by atoms with Gasteiger partial charge in [-0.05, 0) is 36.1 Å². The number of aryl methyl sites for hydroxylation is 1. The molecule has 0 aromatic carbocycles. The minimum absolute atomic E-state index is 0.170. The summed E-state index contributed by atoms with van der Waals surface area (Å²) in [7, 11) is 0. The number of hydrogen-bond acceptors (Lipinski definition) is 3. The monoisotopic (exact) mass is 297 g/mol. The predicted octanol–water partition coefficient (Wildman–Crippen LogP) is 3.09. The Morgan fingerprint density at radius 1 is 1.18 bits per heavy atom. The van der Waals surface area contributed by atoms with Crippen molar-refractivity contribution >= 4 is 5.91 Å². The van der Waals surface area contributed by atoms with Gasteiger partial charge in [-0.2, -0.15) is 0 Å². The number of nitrogens with zero attached hydrogens (tertiary/aromatic N) is 3. The van der Waals surface area contributed by atoms with Crippen molar-refractivity contribution in [1.29, 1.82) is 0 Å². The van der Waals surface area contributed by atoms with Crippen LogP contribution in [0.25, 0.3) is 0 Å². The second-order valence-corrected chi connectivity index (χ2v) is 5.85. The molecule has 0 saturated carbocycles. The Hall–Kier alpha value is -2.23. The molecule has 0 aliphatic rings. The van der Waals surface area contributed by atoms with Crippen LogP contribution in [0.2, 0.25) is 0 Å². The molecule has 0 bridgehead atoms. The average Bonchev–Trinajstić information content (AvgIpc) is 2.53. The number of carbonyl (C=O) groups excluding carboxylic acids is 1. The average molecular weight is 297 g/mol. The summed E-state index contributed by atoms with van der Waals surface area (Å²) < 4.78 is 0. The van der Waals surface area contributed by atoms with Gasteiger partial charge in [-0.1, -0.05) is 26.0 Å². The minimum atomic E-state index is 0.170. The van der Waals surface area contributed by atoms with Crippen LogP contribution in [0.3, 0.4) is 0 Å². The molecule has 0 spiro atoms. The Morgan fingerprint density at radius 2 is 2.05 bits per heavy atom. The van der Waals surface area contributed by atoms with Gasteiger partial charge in [0, 0.05) is 31.6 Å². The van der Waals surface area contributed by atoms with Crippen molar-refractivity contribution < 1.29 is 4.79 Å². The molecule has 0 fully saturated rings. The van der Waals surface area contributed by atoms with Gasteiger partial charge in [0.15, 0.2) is 0 Å². The quantitative estimate of drug-likeness (QED) is 0.789. The first-order chi connectivity index (χ1) is 10.6. The lowest BCUT2D eigenvalue weighted by molar-refractivity contribution is -0.132. The van der Waals surface area contributed by atoms with E-state index >= 15 is 0 Å². The number of amides is 1. The lowest BCUT2D eigenvalue weighted by Crippen LogP contribution is -2.34. The number of hydrogen-bond donors (Lipinski definition) is 0. The molecule has 0 aliphatic heterocycles. The molecule has 4 heteroatoms. The van der Waals surface area contributed by atoms with Gasteiger partial charge >= 0.3 is 0 Å². The first kappa shape index (κ1) is 16.1. The van der Waals surface area contributed by atoms with E-state index in [1.54, 1.807) is 12.4 Å². The van der Waals surface area contributed by atoms with Crippen molar-refractivity contribution in [2.75, 3.05) is 6.54 Å².